The van der Waals surface area contributed by atoms with E-state index in [1.54, 1.807) is 6.92 Å². The third kappa shape index (κ3) is 8.16. The Kier molecular flexibility index (Phi) is 4.43. The number of hydrogen-bond donors (Lipinski definition) is 2. The maximum atomic E-state index is 10.4. The summed E-state index contributed by atoms with van der Waals surface area (Å²) in [6.45, 7) is 3.67. The molecule has 0 bridgehead atoms. The molecule has 0 radical (unpaired) electrons. The summed E-state index contributed by atoms with van der Waals surface area (Å²) in [5.41, 5.74) is 0. The van der Waals surface area contributed by atoms with Crippen molar-refractivity contribution in [2.75, 3.05) is 5.75 Å². The van der Waals surface area contributed by atoms with Gasteiger partial charge in [-0.1, -0.05) is 13.8 Å². The van der Waals surface area contributed by atoms with Crippen LogP contribution in [0.3, 0.4) is 0 Å². The molecule has 0 saturated heterocycles. The van der Waals surface area contributed by atoms with E-state index in [1.165, 1.54) is 0 Å². The average molecular weight is 198 g/mol. The zero-order chi connectivity index (χ0) is 9.07. The molecule has 0 heterocycles. The maximum Gasteiger partial charge on any atom is 0.265 e. The smallest absolute Gasteiger partial charge is 0.265 e. The second kappa shape index (κ2) is 4.33. The van der Waals surface area contributed by atoms with E-state index in [0.29, 0.717) is 6.42 Å². The summed E-state index contributed by atoms with van der Waals surface area (Å²) < 4.78 is 29.2. The molecule has 3 nitrogen and oxygen atoms in total. The Morgan fingerprint density at radius 2 is 1.91 bits per heavy atom. The highest BCUT2D eigenvalue weighted by Gasteiger charge is 2.13. The van der Waals surface area contributed by atoms with Gasteiger partial charge in [-0.15, -0.1) is 0 Å². The standard InChI is InChI=1S/C6H14O3S2/c1-5(3-6(2)10)4-11(7,8)9/h5-6,10H,3-4H2,1-2H3,(H,7,8,9). The summed E-state index contributed by atoms with van der Waals surface area (Å²) in [4.78, 5) is 0. The molecule has 0 aromatic heterocycles. The molecule has 2 atom stereocenters. The van der Waals surface area contributed by atoms with Crippen molar-refractivity contribution in [1.82, 2.24) is 0 Å². The van der Waals surface area contributed by atoms with Crippen molar-refractivity contribution in [3.63, 3.8) is 0 Å². The summed E-state index contributed by atoms with van der Waals surface area (Å²) in [5.74, 6) is -0.199. The van der Waals surface area contributed by atoms with Crippen LogP contribution in [0.1, 0.15) is 20.3 Å². The van der Waals surface area contributed by atoms with E-state index in [1.807, 2.05) is 6.92 Å². The molecule has 1 N–H and O–H groups in total. The Balaban J connectivity index is 3.80. The zero-order valence-electron chi connectivity index (χ0n) is 6.69. The summed E-state index contributed by atoms with van der Waals surface area (Å²) in [6, 6.07) is 0. The SMILES string of the molecule is CC(S)CC(C)CS(=O)(=O)O. The molecule has 2 unspecified atom stereocenters. The third-order valence-electron chi connectivity index (χ3n) is 1.24. The summed E-state index contributed by atoms with van der Waals surface area (Å²) in [6.07, 6.45) is 0.697. The van der Waals surface area contributed by atoms with Crippen molar-refractivity contribution in [2.45, 2.75) is 25.5 Å². The highest BCUT2D eigenvalue weighted by molar-refractivity contribution is 7.85. The summed E-state index contributed by atoms with van der Waals surface area (Å²) in [5, 5.41) is 0.173. The minimum Gasteiger partial charge on any atom is -0.286 e. The fourth-order valence-electron chi connectivity index (χ4n) is 1.01. The molecule has 0 aliphatic heterocycles. The van der Waals surface area contributed by atoms with Gasteiger partial charge in [0, 0.05) is 0 Å². The van der Waals surface area contributed by atoms with Crippen molar-refractivity contribution in [3.05, 3.63) is 0 Å². The first-order valence-corrected chi connectivity index (χ1v) is 5.57. The Bertz CT molecular complexity index is 196. The van der Waals surface area contributed by atoms with Crippen LogP contribution in [0.15, 0.2) is 0 Å². The fraction of sp³-hybridized carbons (Fsp3) is 1.00. The second-order valence-electron chi connectivity index (χ2n) is 2.94. The summed E-state index contributed by atoms with van der Waals surface area (Å²) in [7, 11) is -3.80. The molecule has 68 valence electrons. The topological polar surface area (TPSA) is 54.4 Å². The molecular formula is C6H14O3S2. The molecule has 0 aliphatic rings. The van der Waals surface area contributed by atoms with Crippen LogP contribution in [0.4, 0.5) is 0 Å². The van der Waals surface area contributed by atoms with E-state index in [4.69, 9.17) is 4.55 Å². The third-order valence-corrected chi connectivity index (χ3v) is 2.44. The first kappa shape index (κ1) is 11.3. The van der Waals surface area contributed by atoms with Gasteiger partial charge in [-0.25, -0.2) is 0 Å². The van der Waals surface area contributed by atoms with Crippen LogP contribution >= 0.6 is 12.6 Å². The van der Waals surface area contributed by atoms with Crippen LogP contribution in [0.25, 0.3) is 0 Å². The highest BCUT2D eigenvalue weighted by atomic mass is 32.2. The van der Waals surface area contributed by atoms with Gasteiger partial charge in [0.1, 0.15) is 0 Å². The van der Waals surface area contributed by atoms with Crippen LogP contribution in [-0.4, -0.2) is 24.0 Å². The first-order valence-electron chi connectivity index (χ1n) is 3.44. The summed E-state index contributed by atoms with van der Waals surface area (Å²) >= 11 is 4.11. The lowest BCUT2D eigenvalue weighted by Gasteiger charge is -2.10. The van der Waals surface area contributed by atoms with Crippen LogP contribution in [0.5, 0.6) is 0 Å². The highest BCUT2D eigenvalue weighted by Crippen LogP contribution is 2.11. The monoisotopic (exact) mass is 198 g/mol. The number of rotatable bonds is 4. The van der Waals surface area contributed by atoms with Gasteiger partial charge < -0.3 is 0 Å². The maximum absolute atomic E-state index is 10.4. The zero-order valence-corrected chi connectivity index (χ0v) is 8.40. The van der Waals surface area contributed by atoms with Gasteiger partial charge in [0.15, 0.2) is 0 Å². The van der Waals surface area contributed by atoms with Crippen LogP contribution in [0.2, 0.25) is 0 Å². The van der Waals surface area contributed by atoms with Gasteiger partial charge in [-0.3, -0.25) is 4.55 Å². The molecule has 0 rings (SSSR count). The molecule has 5 heteroatoms. The molecular weight excluding hydrogens is 184 g/mol. The van der Waals surface area contributed by atoms with Gasteiger partial charge in [0.25, 0.3) is 10.1 Å². The Morgan fingerprint density at radius 1 is 1.45 bits per heavy atom. The quantitative estimate of drug-likeness (QED) is 0.527. The molecule has 0 saturated carbocycles. The molecule has 0 aromatic rings. The van der Waals surface area contributed by atoms with E-state index in [-0.39, 0.29) is 16.9 Å². The van der Waals surface area contributed by atoms with Crippen molar-refractivity contribution in [2.24, 2.45) is 5.92 Å². The molecule has 0 aliphatic carbocycles. The fourth-order valence-corrected chi connectivity index (χ4v) is 2.22. The minimum atomic E-state index is -3.80. The first-order chi connectivity index (χ1) is 4.81. The van der Waals surface area contributed by atoms with Crippen LogP contribution in [-0.2, 0) is 10.1 Å². The molecule has 0 spiro atoms. The van der Waals surface area contributed by atoms with E-state index in [2.05, 4.69) is 12.6 Å². The molecule has 0 amide bonds. The Labute approximate surface area is 73.3 Å². The van der Waals surface area contributed by atoms with Crippen LogP contribution in [0, 0.1) is 5.92 Å². The predicted octanol–water partition coefficient (Wildman–Crippen LogP) is 1.22. The lowest BCUT2D eigenvalue weighted by molar-refractivity contribution is 0.464. The molecule has 0 aromatic carbocycles. The number of hydrogen-bond acceptors (Lipinski definition) is 3. The van der Waals surface area contributed by atoms with Crippen LogP contribution < -0.4 is 0 Å². The second-order valence-corrected chi connectivity index (χ2v) is 5.32. The van der Waals surface area contributed by atoms with Gasteiger partial charge >= 0.3 is 0 Å². The van der Waals surface area contributed by atoms with Crippen molar-refractivity contribution >= 4 is 22.7 Å². The predicted molar refractivity (Wildman–Crippen MR) is 48.6 cm³/mol. The van der Waals surface area contributed by atoms with Crippen molar-refractivity contribution < 1.29 is 13.0 Å². The van der Waals surface area contributed by atoms with E-state index >= 15 is 0 Å². The lowest BCUT2D eigenvalue weighted by Crippen LogP contribution is -2.15. The van der Waals surface area contributed by atoms with E-state index in [0.717, 1.165) is 0 Å². The molecule has 0 fully saturated rings. The lowest BCUT2D eigenvalue weighted by atomic mass is 10.1. The number of thiol groups is 1. The van der Waals surface area contributed by atoms with Gasteiger partial charge in [-0.2, -0.15) is 21.0 Å². The Hall–Kier alpha value is 0.260. The average Bonchev–Trinajstić information content (AvgIpc) is 1.53. The normalized spacial score (nSPS) is 17.8. The van der Waals surface area contributed by atoms with Crippen molar-refractivity contribution in [1.29, 1.82) is 0 Å². The van der Waals surface area contributed by atoms with E-state index in [9.17, 15) is 8.42 Å². The molecule has 11 heavy (non-hydrogen) atoms. The van der Waals surface area contributed by atoms with Gasteiger partial charge in [0.2, 0.25) is 0 Å². The van der Waals surface area contributed by atoms with Gasteiger partial charge in [-0.05, 0) is 17.6 Å². The van der Waals surface area contributed by atoms with Gasteiger partial charge in [0.05, 0.1) is 5.75 Å². The minimum absolute atomic E-state index is 0.0301. The Morgan fingerprint density at radius 3 is 2.18 bits per heavy atom. The van der Waals surface area contributed by atoms with Crippen molar-refractivity contribution in [3.8, 4) is 0 Å². The largest absolute Gasteiger partial charge is 0.286 e. The van der Waals surface area contributed by atoms with E-state index < -0.39 is 10.1 Å².